The fourth-order valence-electron chi connectivity index (χ4n) is 2.54. The number of carbonyl (C=O) groups is 1. The topological polar surface area (TPSA) is 64.9 Å². The summed E-state index contributed by atoms with van der Waals surface area (Å²) in [7, 11) is 3.25. The summed E-state index contributed by atoms with van der Waals surface area (Å²) in [6.45, 7) is 0.504. The van der Waals surface area contributed by atoms with Gasteiger partial charge in [0.25, 0.3) is 5.91 Å². The number of fused-ring (bicyclic) bond motifs is 1. The van der Waals surface area contributed by atoms with E-state index >= 15 is 0 Å². The van der Waals surface area contributed by atoms with Crippen molar-refractivity contribution in [3.8, 4) is 11.5 Å². The average molecular weight is 325 g/mol. The number of nitrogens with zero attached hydrogens (tertiary/aromatic N) is 2. The molecule has 0 saturated heterocycles. The molecule has 2 aromatic heterocycles. The van der Waals surface area contributed by atoms with Crippen molar-refractivity contribution in [1.29, 1.82) is 0 Å². The molecule has 124 valence electrons. The first-order chi connectivity index (χ1) is 11.7. The number of benzene rings is 1. The molecule has 0 saturated carbocycles. The van der Waals surface area contributed by atoms with E-state index in [1.807, 2.05) is 34.9 Å². The lowest BCUT2D eigenvalue weighted by molar-refractivity contribution is 0.0953. The second-order valence-electron chi connectivity index (χ2n) is 5.29. The molecule has 1 N–H and O–H groups in total. The van der Waals surface area contributed by atoms with Crippen LogP contribution in [-0.2, 0) is 6.42 Å². The van der Waals surface area contributed by atoms with Crippen molar-refractivity contribution < 1.29 is 14.3 Å². The van der Waals surface area contributed by atoms with Gasteiger partial charge in [-0.15, -0.1) is 0 Å². The van der Waals surface area contributed by atoms with E-state index in [1.165, 1.54) is 0 Å². The van der Waals surface area contributed by atoms with Crippen molar-refractivity contribution in [2.75, 3.05) is 20.8 Å². The molecule has 0 aliphatic heterocycles. The molecule has 0 bridgehead atoms. The molecule has 24 heavy (non-hydrogen) atoms. The molecule has 1 amide bonds. The summed E-state index contributed by atoms with van der Waals surface area (Å²) in [6.07, 6.45) is 5.93. The standard InChI is InChI=1S/C18H19N3O3/c1-23-15-4-5-16(24-2)13(11-15)7-8-20-18(22)14-3-6-17-19-9-10-21(17)12-14/h3-6,9-12H,7-8H2,1-2H3,(H,20,22). The Morgan fingerprint density at radius 2 is 2.08 bits per heavy atom. The third-order valence-corrected chi connectivity index (χ3v) is 3.82. The van der Waals surface area contributed by atoms with E-state index in [2.05, 4.69) is 10.3 Å². The first-order valence-corrected chi connectivity index (χ1v) is 7.63. The third kappa shape index (κ3) is 3.32. The van der Waals surface area contributed by atoms with Gasteiger partial charge in [-0.3, -0.25) is 4.79 Å². The molecule has 0 radical (unpaired) electrons. The van der Waals surface area contributed by atoms with Gasteiger partial charge < -0.3 is 19.2 Å². The van der Waals surface area contributed by atoms with E-state index in [1.54, 1.807) is 32.7 Å². The van der Waals surface area contributed by atoms with Crippen LogP contribution in [0.3, 0.4) is 0 Å². The Kier molecular flexibility index (Phi) is 4.65. The third-order valence-electron chi connectivity index (χ3n) is 3.82. The number of rotatable bonds is 6. The number of imidazole rings is 1. The number of aromatic nitrogens is 2. The molecule has 3 aromatic rings. The molecule has 0 fully saturated rings. The van der Waals surface area contributed by atoms with Crippen LogP contribution in [0.1, 0.15) is 15.9 Å². The minimum atomic E-state index is -0.118. The van der Waals surface area contributed by atoms with Crippen LogP contribution in [-0.4, -0.2) is 36.1 Å². The largest absolute Gasteiger partial charge is 0.497 e. The quantitative estimate of drug-likeness (QED) is 0.755. The van der Waals surface area contributed by atoms with Crippen LogP contribution in [0.5, 0.6) is 11.5 Å². The van der Waals surface area contributed by atoms with Gasteiger partial charge in [0.15, 0.2) is 0 Å². The first-order valence-electron chi connectivity index (χ1n) is 7.63. The highest BCUT2D eigenvalue weighted by atomic mass is 16.5. The van der Waals surface area contributed by atoms with Crippen molar-refractivity contribution in [2.24, 2.45) is 0 Å². The van der Waals surface area contributed by atoms with Gasteiger partial charge in [-0.25, -0.2) is 4.98 Å². The number of ether oxygens (including phenoxy) is 2. The van der Waals surface area contributed by atoms with Crippen molar-refractivity contribution in [1.82, 2.24) is 14.7 Å². The number of methoxy groups -OCH3 is 2. The fraction of sp³-hybridized carbons (Fsp3) is 0.222. The average Bonchev–Trinajstić information content (AvgIpc) is 3.09. The Bertz CT molecular complexity index is 858. The van der Waals surface area contributed by atoms with Gasteiger partial charge in [0.1, 0.15) is 17.1 Å². The van der Waals surface area contributed by atoms with Gasteiger partial charge in [0.2, 0.25) is 0 Å². The molecule has 0 atom stereocenters. The molecule has 0 spiro atoms. The van der Waals surface area contributed by atoms with Crippen LogP contribution in [0, 0.1) is 0 Å². The molecule has 1 aromatic carbocycles. The molecule has 0 aliphatic carbocycles. The molecular formula is C18H19N3O3. The second-order valence-corrected chi connectivity index (χ2v) is 5.29. The van der Waals surface area contributed by atoms with Crippen LogP contribution >= 0.6 is 0 Å². The summed E-state index contributed by atoms with van der Waals surface area (Å²) in [5, 5.41) is 2.92. The predicted molar refractivity (Wildman–Crippen MR) is 90.8 cm³/mol. The molecule has 0 aliphatic rings. The highest BCUT2D eigenvalue weighted by Gasteiger charge is 2.09. The Morgan fingerprint density at radius 1 is 1.21 bits per heavy atom. The van der Waals surface area contributed by atoms with Gasteiger partial charge in [-0.1, -0.05) is 0 Å². The van der Waals surface area contributed by atoms with Crippen LogP contribution in [0.15, 0.2) is 48.9 Å². The number of hydrogen-bond donors (Lipinski definition) is 1. The van der Waals surface area contributed by atoms with E-state index in [0.29, 0.717) is 18.5 Å². The normalized spacial score (nSPS) is 10.6. The summed E-state index contributed by atoms with van der Waals surface area (Å²) in [6, 6.07) is 9.22. The monoisotopic (exact) mass is 325 g/mol. The van der Waals surface area contributed by atoms with E-state index in [-0.39, 0.29) is 5.91 Å². The van der Waals surface area contributed by atoms with E-state index in [9.17, 15) is 4.79 Å². The van der Waals surface area contributed by atoms with E-state index in [4.69, 9.17) is 9.47 Å². The molecular weight excluding hydrogens is 306 g/mol. The van der Waals surface area contributed by atoms with Crippen LogP contribution in [0.25, 0.3) is 5.65 Å². The number of pyridine rings is 1. The Labute approximate surface area is 140 Å². The van der Waals surface area contributed by atoms with Gasteiger partial charge in [0, 0.05) is 25.1 Å². The zero-order valence-electron chi connectivity index (χ0n) is 13.7. The number of carbonyl (C=O) groups excluding carboxylic acids is 1. The maximum absolute atomic E-state index is 12.3. The lowest BCUT2D eigenvalue weighted by Gasteiger charge is -2.11. The highest BCUT2D eigenvalue weighted by molar-refractivity contribution is 5.94. The molecule has 6 heteroatoms. The highest BCUT2D eigenvalue weighted by Crippen LogP contribution is 2.24. The zero-order chi connectivity index (χ0) is 16.9. The van der Waals surface area contributed by atoms with E-state index in [0.717, 1.165) is 22.7 Å². The first kappa shape index (κ1) is 15.9. The van der Waals surface area contributed by atoms with E-state index < -0.39 is 0 Å². The van der Waals surface area contributed by atoms with Crippen molar-refractivity contribution in [2.45, 2.75) is 6.42 Å². The zero-order valence-corrected chi connectivity index (χ0v) is 13.7. The van der Waals surface area contributed by atoms with Gasteiger partial charge in [0.05, 0.1) is 19.8 Å². The Balaban J connectivity index is 1.64. The molecule has 6 nitrogen and oxygen atoms in total. The van der Waals surface area contributed by atoms with Gasteiger partial charge in [-0.05, 0) is 42.3 Å². The summed E-state index contributed by atoms with van der Waals surface area (Å²) >= 11 is 0. The maximum atomic E-state index is 12.3. The van der Waals surface area contributed by atoms with Crippen LogP contribution in [0.4, 0.5) is 0 Å². The summed E-state index contributed by atoms with van der Waals surface area (Å²) < 4.78 is 12.4. The lowest BCUT2D eigenvalue weighted by atomic mass is 10.1. The van der Waals surface area contributed by atoms with Gasteiger partial charge in [-0.2, -0.15) is 0 Å². The lowest BCUT2D eigenvalue weighted by Crippen LogP contribution is -2.26. The smallest absolute Gasteiger partial charge is 0.252 e. The van der Waals surface area contributed by atoms with Crippen LogP contribution < -0.4 is 14.8 Å². The number of amides is 1. The number of nitrogens with one attached hydrogen (secondary N) is 1. The Morgan fingerprint density at radius 3 is 2.88 bits per heavy atom. The molecule has 2 heterocycles. The fourth-order valence-corrected chi connectivity index (χ4v) is 2.54. The maximum Gasteiger partial charge on any atom is 0.252 e. The predicted octanol–water partition coefficient (Wildman–Crippen LogP) is 2.32. The number of hydrogen-bond acceptors (Lipinski definition) is 4. The Hall–Kier alpha value is -3.02. The van der Waals surface area contributed by atoms with Gasteiger partial charge >= 0.3 is 0 Å². The van der Waals surface area contributed by atoms with Crippen LogP contribution in [0.2, 0.25) is 0 Å². The van der Waals surface area contributed by atoms with Crippen molar-refractivity contribution in [3.05, 3.63) is 60.0 Å². The van der Waals surface area contributed by atoms with Crippen molar-refractivity contribution in [3.63, 3.8) is 0 Å². The molecule has 3 rings (SSSR count). The summed E-state index contributed by atoms with van der Waals surface area (Å²) in [5.74, 6) is 1.43. The SMILES string of the molecule is COc1ccc(OC)c(CCNC(=O)c2ccc3nccn3c2)c1. The summed E-state index contributed by atoms with van der Waals surface area (Å²) in [5.41, 5.74) is 2.40. The minimum Gasteiger partial charge on any atom is -0.497 e. The molecule has 0 unspecified atom stereocenters. The van der Waals surface area contributed by atoms with Crippen molar-refractivity contribution >= 4 is 11.6 Å². The summed E-state index contributed by atoms with van der Waals surface area (Å²) in [4.78, 5) is 16.4. The second kappa shape index (κ2) is 7.04. The minimum absolute atomic E-state index is 0.118.